The number of amidine groups is 1. The van der Waals surface area contributed by atoms with Crippen LogP contribution >= 0.6 is 0 Å². The molecule has 1 amide bonds. The monoisotopic (exact) mass is 535 g/mol. The average molecular weight is 536 g/mol. The number of hydrogen-bond donors (Lipinski definition) is 3. The number of rotatable bonds is 6. The smallest absolute Gasteiger partial charge is 0.289 e. The fourth-order valence-electron chi connectivity index (χ4n) is 4.20. The minimum absolute atomic E-state index is 0.0852. The average Bonchev–Trinajstić information content (AvgIpc) is 3.36. The lowest BCUT2D eigenvalue weighted by Gasteiger charge is -2.30. The maximum atomic E-state index is 15.1. The minimum Gasteiger partial charge on any atom is -0.464 e. The number of pyridine rings is 1. The molecule has 5 rings (SSSR count). The van der Waals surface area contributed by atoms with E-state index in [2.05, 4.69) is 20.3 Å². The fraction of sp³-hybridized carbons (Fsp3) is 0.250. The van der Waals surface area contributed by atoms with Crippen molar-refractivity contribution in [1.82, 2.24) is 14.9 Å². The van der Waals surface area contributed by atoms with Gasteiger partial charge in [0.25, 0.3) is 11.9 Å². The van der Waals surface area contributed by atoms with Gasteiger partial charge in [0.1, 0.15) is 18.0 Å². The Balaban J connectivity index is 1.48. The highest BCUT2D eigenvalue weighted by molar-refractivity contribution is 6.06. The second-order valence-electron chi connectivity index (χ2n) is 9.86. The number of hydrogen-bond acceptors (Lipinski definition) is 7. The number of aromatic nitrogens is 2. The molecule has 9 nitrogen and oxygen atoms in total. The summed E-state index contributed by atoms with van der Waals surface area (Å²) in [5.41, 5.74) is 1.68. The number of carbonyl (C=O) groups excluding carboxylic acids is 1. The SMILES string of the molecule is CN(C)C(=O)c1ccccc1-c1c[nH]c2nccc(Oc3c(F)cc(NC4=NCC(C)(CO)CO4)cc3F)c12. The molecular formula is C28H27F2N5O4. The van der Waals surface area contributed by atoms with E-state index in [0.29, 0.717) is 34.3 Å². The van der Waals surface area contributed by atoms with Crippen LogP contribution in [0.5, 0.6) is 11.5 Å². The number of halogens is 2. The first-order valence-corrected chi connectivity index (χ1v) is 12.2. The second kappa shape index (κ2) is 10.3. The van der Waals surface area contributed by atoms with Crippen LogP contribution < -0.4 is 10.1 Å². The van der Waals surface area contributed by atoms with Crippen LogP contribution in [0.2, 0.25) is 0 Å². The number of benzene rings is 2. The molecule has 0 saturated heterocycles. The molecule has 1 unspecified atom stereocenters. The van der Waals surface area contributed by atoms with Crippen LogP contribution in [0.1, 0.15) is 17.3 Å². The highest BCUT2D eigenvalue weighted by Crippen LogP contribution is 2.39. The van der Waals surface area contributed by atoms with Crippen molar-refractivity contribution in [2.45, 2.75) is 6.92 Å². The molecule has 0 radical (unpaired) electrons. The Labute approximate surface area is 223 Å². The predicted molar refractivity (Wildman–Crippen MR) is 143 cm³/mol. The van der Waals surface area contributed by atoms with Crippen LogP contribution in [0.25, 0.3) is 22.2 Å². The third kappa shape index (κ3) is 5.13. The molecule has 4 aromatic rings. The molecule has 2 aromatic carbocycles. The van der Waals surface area contributed by atoms with Gasteiger partial charge < -0.3 is 29.8 Å². The highest BCUT2D eigenvalue weighted by atomic mass is 19.1. The first-order chi connectivity index (χ1) is 18.7. The quantitative estimate of drug-likeness (QED) is 0.327. The lowest BCUT2D eigenvalue weighted by Crippen LogP contribution is -2.38. The van der Waals surface area contributed by atoms with E-state index in [9.17, 15) is 9.90 Å². The maximum absolute atomic E-state index is 15.1. The van der Waals surface area contributed by atoms with Crippen LogP contribution in [0, 0.1) is 17.0 Å². The zero-order valence-electron chi connectivity index (χ0n) is 21.6. The van der Waals surface area contributed by atoms with Gasteiger partial charge in [0, 0.05) is 60.9 Å². The zero-order chi connectivity index (χ0) is 27.7. The Morgan fingerprint density at radius 2 is 1.95 bits per heavy atom. The minimum atomic E-state index is -0.945. The van der Waals surface area contributed by atoms with Crippen molar-refractivity contribution in [2.75, 3.05) is 39.2 Å². The van der Waals surface area contributed by atoms with Crippen molar-refractivity contribution in [3.05, 3.63) is 72.1 Å². The molecular weight excluding hydrogens is 508 g/mol. The second-order valence-corrected chi connectivity index (χ2v) is 9.86. The van der Waals surface area contributed by atoms with E-state index >= 15 is 8.78 Å². The van der Waals surface area contributed by atoms with E-state index in [4.69, 9.17) is 9.47 Å². The Bertz CT molecular complexity index is 1560. The summed E-state index contributed by atoms with van der Waals surface area (Å²) in [6.07, 6.45) is 3.14. The number of aromatic amines is 1. The van der Waals surface area contributed by atoms with Crippen molar-refractivity contribution >= 4 is 28.6 Å². The number of amides is 1. The number of ether oxygens (including phenoxy) is 2. The molecule has 202 valence electrons. The molecule has 2 aromatic heterocycles. The molecule has 0 fully saturated rings. The summed E-state index contributed by atoms with van der Waals surface area (Å²) in [4.78, 5) is 25.8. The number of aliphatic hydroxyl groups excluding tert-OH is 1. The van der Waals surface area contributed by atoms with E-state index < -0.39 is 22.8 Å². The summed E-state index contributed by atoms with van der Waals surface area (Å²) in [5.74, 6) is -2.53. The molecule has 1 aliphatic rings. The molecule has 39 heavy (non-hydrogen) atoms. The molecule has 1 atom stereocenters. The standard InChI is InChI=1S/C28H27F2N5O4/c1-28(14-36)13-33-27(38-15-28)34-16-10-20(29)24(21(30)11-16)39-22-8-9-31-25-23(22)19(12-32-25)17-6-4-5-7-18(17)26(37)35(2)3/h4-12,36H,13-15H2,1-3H3,(H,31,32)(H,33,34). The van der Waals surface area contributed by atoms with Crippen molar-refractivity contribution in [3.63, 3.8) is 0 Å². The zero-order valence-corrected chi connectivity index (χ0v) is 21.6. The van der Waals surface area contributed by atoms with Gasteiger partial charge in [-0.15, -0.1) is 0 Å². The first kappa shape index (κ1) is 26.1. The van der Waals surface area contributed by atoms with Crippen molar-refractivity contribution in [3.8, 4) is 22.6 Å². The fourth-order valence-corrected chi connectivity index (χ4v) is 4.20. The predicted octanol–water partition coefficient (Wildman–Crippen LogP) is 4.80. The van der Waals surface area contributed by atoms with Crippen molar-refractivity contribution < 1.29 is 28.2 Å². The summed E-state index contributed by atoms with van der Waals surface area (Å²) in [6, 6.07) is 10.8. The Morgan fingerprint density at radius 1 is 1.21 bits per heavy atom. The highest BCUT2D eigenvalue weighted by Gasteiger charge is 2.29. The van der Waals surface area contributed by atoms with Gasteiger partial charge in [-0.1, -0.05) is 25.1 Å². The molecule has 11 heteroatoms. The normalized spacial score (nSPS) is 16.9. The molecule has 3 N–H and O–H groups in total. The molecule has 3 heterocycles. The largest absolute Gasteiger partial charge is 0.464 e. The topological polar surface area (TPSA) is 112 Å². The molecule has 0 saturated carbocycles. The van der Waals surface area contributed by atoms with E-state index in [1.807, 2.05) is 6.92 Å². The third-order valence-corrected chi connectivity index (χ3v) is 6.39. The van der Waals surface area contributed by atoms with Crippen LogP contribution in [-0.4, -0.2) is 65.8 Å². The van der Waals surface area contributed by atoms with Crippen LogP contribution in [0.3, 0.4) is 0 Å². The van der Waals surface area contributed by atoms with Gasteiger partial charge in [-0.2, -0.15) is 0 Å². The Hall–Kier alpha value is -4.51. The van der Waals surface area contributed by atoms with Crippen LogP contribution in [-0.2, 0) is 4.74 Å². The maximum Gasteiger partial charge on any atom is 0.289 e. The Morgan fingerprint density at radius 3 is 2.62 bits per heavy atom. The lowest BCUT2D eigenvalue weighted by molar-refractivity contribution is 0.0706. The number of carbonyl (C=O) groups is 1. The van der Waals surface area contributed by atoms with Crippen molar-refractivity contribution in [1.29, 1.82) is 0 Å². The van der Waals surface area contributed by atoms with Crippen molar-refractivity contribution in [2.24, 2.45) is 10.4 Å². The van der Waals surface area contributed by atoms with E-state index in [-0.39, 0.29) is 36.6 Å². The number of fused-ring (bicyclic) bond motifs is 1. The van der Waals surface area contributed by atoms with Gasteiger partial charge in [-0.25, -0.2) is 18.8 Å². The molecule has 0 spiro atoms. The Kier molecular flexibility index (Phi) is 6.92. The van der Waals surface area contributed by atoms with Gasteiger partial charge in [0.2, 0.25) is 0 Å². The summed E-state index contributed by atoms with van der Waals surface area (Å²) in [5, 5.41) is 12.7. The van der Waals surface area contributed by atoms with Crippen LogP contribution in [0.4, 0.5) is 14.5 Å². The van der Waals surface area contributed by atoms with Gasteiger partial charge in [0.05, 0.1) is 18.5 Å². The van der Waals surface area contributed by atoms with Crippen LogP contribution in [0.15, 0.2) is 59.9 Å². The van der Waals surface area contributed by atoms with E-state index in [1.54, 1.807) is 44.6 Å². The van der Waals surface area contributed by atoms with Gasteiger partial charge in [0.15, 0.2) is 17.4 Å². The van der Waals surface area contributed by atoms with E-state index in [1.165, 1.54) is 17.2 Å². The number of nitrogens with one attached hydrogen (secondary N) is 2. The number of nitrogens with zero attached hydrogens (tertiary/aromatic N) is 3. The van der Waals surface area contributed by atoms with E-state index in [0.717, 1.165) is 12.1 Å². The molecule has 0 bridgehead atoms. The number of aliphatic hydroxyl groups is 1. The summed E-state index contributed by atoms with van der Waals surface area (Å²) in [7, 11) is 3.32. The number of anilines is 1. The summed E-state index contributed by atoms with van der Waals surface area (Å²) in [6.45, 7) is 2.24. The number of H-pyrrole nitrogens is 1. The first-order valence-electron chi connectivity index (χ1n) is 12.2. The summed E-state index contributed by atoms with van der Waals surface area (Å²) >= 11 is 0. The van der Waals surface area contributed by atoms with Gasteiger partial charge in [-0.3, -0.25) is 4.79 Å². The molecule has 0 aliphatic carbocycles. The summed E-state index contributed by atoms with van der Waals surface area (Å²) < 4.78 is 41.6. The lowest BCUT2D eigenvalue weighted by atomic mass is 9.93. The third-order valence-electron chi connectivity index (χ3n) is 6.39. The number of aliphatic imine (C=N–C) groups is 1. The molecule has 1 aliphatic heterocycles. The van der Waals surface area contributed by atoms with Gasteiger partial charge in [-0.05, 0) is 17.7 Å². The van der Waals surface area contributed by atoms with Gasteiger partial charge >= 0.3 is 0 Å².